The van der Waals surface area contributed by atoms with E-state index >= 15 is 0 Å². The Bertz CT molecular complexity index is 1020. The number of nitrogens with zero attached hydrogens (tertiary/aromatic N) is 4. The number of thiazole rings is 1. The van der Waals surface area contributed by atoms with Gasteiger partial charge >= 0.3 is 6.09 Å². The molecule has 1 atom stereocenters. The van der Waals surface area contributed by atoms with Crippen LogP contribution >= 0.6 is 11.3 Å². The van der Waals surface area contributed by atoms with E-state index in [9.17, 15) is 4.79 Å². The average molecular weight is 414 g/mol. The summed E-state index contributed by atoms with van der Waals surface area (Å²) in [6.07, 6.45) is 7.62. The predicted octanol–water partition coefficient (Wildman–Crippen LogP) is 4.96. The Labute approximate surface area is 174 Å². The van der Waals surface area contributed by atoms with E-state index in [1.165, 1.54) is 0 Å². The first-order valence-corrected chi connectivity index (χ1v) is 10.8. The summed E-state index contributed by atoms with van der Waals surface area (Å²) in [5.41, 5.74) is 1.48. The number of fused-ring (bicyclic) bond motifs is 1. The molecule has 0 saturated carbocycles. The third kappa shape index (κ3) is 4.53. The molecule has 1 N–H and O–H groups in total. The molecule has 8 heteroatoms. The number of hydrogen-bond acceptors (Lipinski definition) is 6. The largest absolute Gasteiger partial charge is 0.444 e. The van der Waals surface area contributed by atoms with Crippen LogP contribution in [0.15, 0.2) is 30.7 Å². The number of rotatable bonds is 3. The fourth-order valence-electron chi connectivity index (χ4n) is 3.58. The molecule has 1 aliphatic rings. The summed E-state index contributed by atoms with van der Waals surface area (Å²) in [7, 11) is 0. The molecule has 1 fully saturated rings. The molecule has 1 saturated heterocycles. The second kappa shape index (κ2) is 7.67. The Hall–Kier alpha value is -2.61. The van der Waals surface area contributed by atoms with Crippen molar-refractivity contribution in [2.75, 3.05) is 18.4 Å². The minimum absolute atomic E-state index is 0.168. The van der Waals surface area contributed by atoms with Crippen LogP contribution in [-0.4, -0.2) is 44.1 Å². The first-order chi connectivity index (χ1) is 13.8. The Morgan fingerprint density at radius 1 is 1.38 bits per heavy atom. The van der Waals surface area contributed by atoms with Crippen molar-refractivity contribution in [2.24, 2.45) is 0 Å². The van der Waals surface area contributed by atoms with Crippen LogP contribution in [0.4, 0.5) is 15.7 Å². The van der Waals surface area contributed by atoms with Gasteiger partial charge in [0, 0.05) is 42.5 Å². The quantitative estimate of drug-likeness (QED) is 0.657. The molecule has 3 aromatic rings. The lowest BCUT2D eigenvalue weighted by molar-refractivity contribution is 0.0197. The highest BCUT2D eigenvalue weighted by atomic mass is 32.1. The van der Waals surface area contributed by atoms with Crippen molar-refractivity contribution < 1.29 is 9.53 Å². The van der Waals surface area contributed by atoms with Crippen LogP contribution in [0.3, 0.4) is 0 Å². The van der Waals surface area contributed by atoms with Gasteiger partial charge in [0.15, 0.2) is 10.9 Å². The number of anilines is 2. The maximum Gasteiger partial charge on any atom is 0.410 e. The third-order valence-electron chi connectivity index (χ3n) is 4.87. The summed E-state index contributed by atoms with van der Waals surface area (Å²) in [6.45, 7) is 9.06. The number of aromatic nitrogens is 3. The van der Waals surface area contributed by atoms with Gasteiger partial charge in [0.25, 0.3) is 0 Å². The molecule has 29 heavy (non-hydrogen) atoms. The number of hydrogen-bond donors (Lipinski definition) is 1. The average Bonchev–Trinajstić information content (AvgIpc) is 3.29. The van der Waals surface area contributed by atoms with Crippen molar-refractivity contribution >= 4 is 33.9 Å². The fraction of sp³-hybridized carbons (Fsp3) is 0.476. The van der Waals surface area contributed by atoms with Crippen molar-refractivity contribution in [1.82, 2.24) is 19.3 Å². The van der Waals surface area contributed by atoms with Gasteiger partial charge in [-0.05, 0) is 52.7 Å². The number of piperidine rings is 1. The maximum atomic E-state index is 12.5. The summed E-state index contributed by atoms with van der Waals surface area (Å²) >= 11 is 1.60. The van der Waals surface area contributed by atoms with Crippen LogP contribution in [0.2, 0.25) is 0 Å². The Morgan fingerprint density at radius 2 is 2.21 bits per heavy atom. The van der Waals surface area contributed by atoms with Crippen molar-refractivity contribution in [2.45, 2.75) is 52.1 Å². The van der Waals surface area contributed by atoms with Crippen molar-refractivity contribution in [3.05, 3.63) is 41.3 Å². The summed E-state index contributed by atoms with van der Waals surface area (Å²) < 4.78 is 7.65. The first kappa shape index (κ1) is 19.7. The molecule has 0 aliphatic carbocycles. The van der Waals surface area contributed by atoms with Crippen LogP contribution in [0.1, 0.15) is 50.1 Å². The number of ether oxygens (including phenoxy) is 1. The Balaban J connectivity index is 1.59. The Morgan fingerprint density at radius 3 is 2.93 bits per heavy atom. The van der Waals surface area contributed by atoms with Crippen LogP contribution in [0, 0.1) is 6.92 Å². The third-order valence-corrected chi connectivity index (χ3v) is 5.70. The van der Waals surface area contributed by atoms with E-state index in [0.717, 1.165) is 46.4 Å². The van der Waals surface area contributed by atoms with Gasteiger partial charge in [-0.3, -0.25) is 0 Å². The second-order valence-electron chi connectivity index (χ2n) is 8.48. The monoisotopic (exact) mass is 413 g/mol. The molecule has 4 rings (SSSR count). The van der Waals surface area contributed by atoms with Gasteiger partial charge in [0.1, 0.15) is 5.60 Å². The van der Waals surface area contributed by atoms with Crippen molar-refractivity contribution in [3.63, 3.8) is 0 Å². The minimum atomic E-state index is -0.491. The van der Waals surface area contributed by atoms with E-state index in [1.807, 2.05) is 52.2 Å². The van der Waals surface area contributed by atoms with Gasteiger partial charge in [-0.1, -0.05) is 0 Å². The molecule has 0 radical (unpaired) electrons. The van der Waals surface area contributed by atoms with Crippen LogP contribution < -0.4 is 5.32 Å². The van der Waals surface area contributed by atoms with Gasteiger partial charge in [0.2, 0.25) is 0 Å². The van der Waals surface area contributed by atoms with E-state index in [0.29, 0.717) is 6.54 Å². The minimum Gasteiger partial charge on any atom is -0.444 e. The van der Waals surface area contributed by atoms with Crippen molar-refractivity contribution in [1.29, 1.82) is 0 Å². The highest BCUT2D eigenvalue weighted by Crippen LogP contribution is 2.30. The molecule has 0 spiro atoms. The zero-order chi connectivity index (χ0) is 20.6. The molecule has 154 valence electrons. The molecule has 1 amide bonds. The van der Waals surface area contributed by atoms with Gasteiger partial charge in [0.05, 0.1) is 11.2 Å². The van der Waals surface area contributed by atoms with E-state index in [2.05, 4.69) is 20.9 Å². The fourth-order valence-corrected chi connectivity index (χ4v) is 4.24. The topological polar surface area (TPSA) is 71.8 Å². The summed E-state index contributed by atoms with van der Waals surface area (Å²) in [5.74, 6) is 0.956. The normalized spacial score (nSPS) is 17.5. The smallest absolute Gasteiger partial charge is 0.410 e. The molecule has 0 aromatic carbocycles. The van der Waals surface area contributed by atoms with E-state index < -0.39 is 5.60 Å². The zero-order valence-electron chi connectivity index (χ0n) is 17.3. The van der Waals surface area contributed by atoms with Gasteiger partial charge < -0.3 is 19.4 Å². The predicted molar refractivity (Wildman–Crippen MR) is 115 cm³/mol. The summed E-state index contributed by atoms with van der Waals surface area (Å²) in [6, 6.07) is 4.04. The molecule has 1 aliphatic heterocycles. The molecule has 0 bridgehead atoms. The van der Waals surface area contributed by atoms with Gasteiger partial charge in [-0.15, -0.1) is 11.3 Å². The number of carbonyl (C=O) groups excluding carboxylic acids is 1. The number of nitrogens with one attached hydrogen (secondary N) is 1. The number of carbonyl (C=O) groups is 1. The highest BCUT2D eigenvalue weighted by molar-refractivity contribution is 7.15. The van der Waals surface area contributed by atoms with Gasteiger partial charge in [-0.2, -0.15) is 0 Å². The molecule has 0 unspecified atom stereocenters. The SMILES string of the molecule is Cc1cnc(Nc2nc([C@H]3CCCN(C(=O)OC(C)(C)C)C3)cn3cccc23)s1. The lowest BCUT2D eigenvalue weighted by Gasteiger charge is -2.34. The Kier molecular flexibility index (Phi) is 5.21. The van der Waals surface area contributed by atoms with Crippen molar-refractivity contribution in [3.8, 4) is 0 Å². The lowest BCUT2D eigenvalue weighted by Crippen LogP contribution is -2.42. The standard InChI is InChI=1S/C21H27N5O2S/c1-14-11-22-19(29-14)24-18-17-8-6-9-25(17)13-16(23-18)15-7-5-10-26(12-15)20(27)28-21(2,3)4/h6,8-9,11,13,15H,5,7,10,12H2,1-4H3,(H,22,23,24)/t15-/m0/s1. The highest BCUT2D eigenvalue weighted by Gasteiger charge is 2.29. The number of aryl methyl sites for hydroxylation is 1. The van der Waals surface area contributed by atoms with Crippen LogP contribution in [0.5, 0.6) is 0 Å². The summed E-state index contributed by atoms with van der Waals surface area (Å²) in [5, 5.41) is 4.20. The van der Waals surface area contributed by atoms with Crippen LogP contribution in [0.25, 0.3) is 5.52 Å². The van der Waals surface area contributed by atoms with Crippen LogP contribution in [-0.2, 0) is 4.74 Å². The summed E-state index contributed by atoms with van der Waals surface area (Å²) in [4.78, 5) is 24.8. The molecular weight excluding hydrogens is 386 g/mol. The lowest BCUT2D eigenvalue weighted by atomic mass is 9.95. The molecule has 7 nitrogen and oxygen atoms in total. The second-order valence-corrected chi connectivity index (χ2v) is 9.72. The van der Waals surface area contributed by atoms with E-state index in [4.69, 9.17) is 9.72 Å². The molecule has 4 heterocycles. The zero-order valence-corrected chi connectivity index (χ0v) is 18.1. The molecular formula is C21H27N5O2S. The molecule has 3 aromatic heterocycles. The van der Waals surface area contributed by atoms with Gasteiger partial charge in [-0.25, -0.2) is 14.8 Å². The van der Waals surface area contributed by atoms with E-state index in [-0.39, 0.29) is 12.0 Å². The number of likely N-dealkylation sites (tertiary alicyclic amines) is 1. The maximum absolute atomic E-state index is 12.5. The number of amides is 1. The first-order valence-electron chi connectivity index (χ1n) is 9.93. The van der Waals surface area contributed by atoms with E-state index in [1.54, 1.807) is 16.2 Å².